The van der Waals surface area contributed by atoms with Gasteiger partial charge < -0.3 is 10.0 Å². The van der Waals surface area contributed by atoms with Crippen molar-refractivity contribution in [2.45, 2.75) is 58.1 Å². The number of aromatic nitrogens is 3. The average Bonchev–Trinajstić information content (AvgIpc) is 3.12. The van der Waals surface area contributed by atoms with Gasteiger partial charge in [0, 0.05) is 18.7 Å². The molecule has 6 heteroatoms. The normalized spacial score (nSPS) is 18.4. The minimum Gasteiger partial charge on any atom is -0.384 e. The highest BCUT2D eigenvalue weighted by molar-refractivity contribution is 5.96. The Kier molecular flexibility index (Phi) is 5.14. The first-order valence-electron chi connectivity index (χ1n) is 9.30. The van der Waals surface area contributed by atoms with E-state index in [0.29, 0.717) is 18.2 Å². The highest BCUT2D eigenvalue weighted by atomic mass is 16.3. The summed E-state index contributed by atoms with van der Waals surface area (Å²) in [6.45, 7) is 8.95. The van der Waals surface area contributed by atoms with Crippen LogP contribution < -0.4 is 0 Å². The number of nitrogens with zero attached hydrogens (tertiary/aromatic N) is 4. The van der Waals surface area contributed by atoms with Gasteiger partial charge in [-0.25, -0.2) is 0 Å². The molecule has 1 aliphatic rings. The third-order valence-electron chi connectivity index (χ3n) is 4.96. The van der Waals surface area contributed by atoms with E-state index in [9.17, 15) is 9.90 Å². The van der Waals surface area contributed by atoms with Crippen LogP contribution in [0.2, 0.25) is 0 Å². The molecular weight excluding hydrogens is 328 g/mol. The molecule has 6 nitrogen and oxygen atoms in total. The Morgan fingerprint density at radius 1 is 1.31 bits per heavy atom. The highest BCUT2D eigenvalue weighted by Crippen LogP contribution is 2.26. The van der Waals surface area contributed by atoms with Crippen molar-refractivity contribution in [1.29, 1.82) is 0 Å². The van der Waals surface area contributed by atoms with Crippen LogP contribution in [-0.4, -0.2) is 44.0 Å². The lowest BCUT2D eigenvalue weighted by Crippen LogP contribution is -2.41. The number of rotatable bonds is 4. The van der Waals surface area contributed by atoms with Gasteiger partial charge in [-0.15, -0.1) is 0 Å². The van der Waals surface area contributed by atoms with Gasteiger partial charge in [-0.3, -0.25) is 4.79 Å². The van der Waals surface area contributed by atoms with Gasteiger partial charge in [0.15, 0.2) is 0 Å². The largest absolute Gasteiger partial charge is 0.384 e. The number of amides is 1. The molecule has 0 bridgehead atoms. The summed E-state index contributed by atoms with van der Waals surface area (Å²) in [7, 11) is 0. The van der Waals surface area contributed by atoms with Crippen LogP contribution in [0.4, 0.5) is 0 Å². The van der Waals surface area contributed by atoms with Gasteiger partial charge in [-0.1, -0.05) is 32.0 Å². The summed E-state index contributed by atoms with van der Waals surface area (Å²) in [5.41, 5.74) is 1.40. The lowest BCUT2D eigenvalue weighted by atomic mass is 9.95. The summed E-state index contributed by atoms with van der Waals surface area (Å²) in [6, 6.07) is 7.89. The molecule has 0 spiro atoms. The molecule has 0 aliphatic carbocycles. The highest BCUT2D eigenvalue weighted by Gasteiger charge is 2.29. The third-order valence-corrected chi connectivity index (χ3v) is 4.96. The Balaban J connectivity index is 1.79. The lowest BCUT2D eigenvalue weighted by Gasteiger charge is -2.33. The number of piperidine rings is 1. The summed E-state index contributed by atoms with van der Waals surface area (Å²) in [5, 5.41) is 18.9. The van der Waals surface area contributed by atoms with Crippen LogP contribution in [0.25, 0.3) is 0 Å². The average molecular weight is 356 g/mol. The predicted molar refractivity (Wildman–Crippen MR) is 100.0 cm³/mol. The maximum absolute atomic E-state index is 13.1. The number of carbonyl (C=O) groups is 1. The van der Waals surface area contributed by atoms with E-state index in [4.69, 9.17) is 0 Å². The zero-order valence-corrected chi connectivity index (χ0v) is 16.0. The monoisotopic (exact) mass is 356 g/mol. The van der Waals surface area contributed by atoms with Crippen molar-refractivity contribution in [3.8, 4) is 0 Å². The minimum atomic E-state index is -1.02. The summed E-state index contributed by atoms with van der Waals surface area (Å²) < 4.78 is 0. The first-order chi connectivity index (χ1) is 12.3. The molecule has 1 saturated heterocycles. The number of benzene rings is 1. The molecule has 1 N–H and O–H groups in total. The zero-order valence-electron chi connectivity index (χ0n) is 16.0. The fraction of sp³-hybridized carbons (Fsp3) is 0.550. The van der Waals surface area contributed by atoms with Crippen LogP contribution in [0, 0.1) is 0 Å². The molecule has 1 unspecified atom stereocenters. The van der Waals surface area contributed by atoms with Gasteiger partial charge in [0.2, 0.25) is 0 Å². The standard InChI is InChI=1S/C20H28N4O2/c1-14(2)16-9-5-6-10-17(16)19(25)23-11-7-8-15(13-23)24-21-12-18(22-24)20(3,4)26/h5-6,9-10,12,14-15,26H,7-8,11,13H2,1-4H3. The number of hydrogen-bond donors (Lipinski definition) is 1. The van der Waals surface area contributed by atoms with Gasteiger partial charge >= 0.3 is 0 Å². The Morgan fingerprint density at radius 3 is 2.69 bits per heavy atom. The van der Waals surface area contributed by atoms with Gasteiger partial charge in [-0.2, -0.15) is 15.0 Å². The van der Waals surface area contributed by atoms with E-state index in [-0.39, 0.29) is 11.9 Å². The molecule has 1 aromatic heterocycles. The van der Waals surface area contributed by atoms with Gasteiger partial charge in [0.1, 0.15) is 11.3 Å². The molecule has 140 valence electrons. The predicted octanol–water partition coefficient (Wildman–Crippen LogP) is 3.11. The molecule has 26 heavy (non-hydrogen) atoms. The number of likely N-dealkylation sites (tertiary alicyclic amines) is 1. The van der Waals surface area contributed by atoms with Crippen molar-refractivity contribution >= 4 is 5.91 Å². The number of aliphatic hydroxyl groups is 1. The van der Waals surface area contributed by atoms with Crippen molar-refractivity contribution < 1.29 is 9.90 Å². The number of hydrogen-bond acceptors (Lipinski definition) is 4. The first kappa shape index (κ1) is 18.6. The van der Waals surface area contributed by atoms with E-state index >= 15 is 0 Å². The van der Waals surface area contributed by atoms with Crippen molar-refractivity contribution in [2.24, 2.45) is 0 Å². The van der Waals surface area contributed by atoms with Crippen LogP contribution in [0.1, 0.15) is 74.1 Å². The van der Waals surface area contributed by atoms with Crippen molar-refractivity contribution in [3.63, 3.8) is 0 Å². The van der Waals surface area contributed by atoms with Crippen LogP contribution in [0.5, 0.6) is 0 Å². The molecule has 2 aromatic rings. The summed E-state index contributed by atoms with van der Waals surface area (Å²) in [5.74, 6) is 0.381. The molecule has 1 atom stereocenters. The van der Waals surface area contributed by atoms with E-state index in [0.717, 1.165) is 30.5 Å². The van der Waals surface area contributed by atoms with Crippen LogP contribution >= 0.6 is 0 Å². The van der Waals surface area contributed by atoms with Gasteiger partial charge in [-0.05, 0) is 44.2 Å². The van der Waals surface area contributed by atoms with E-state index in [1.165, 1.54) is 0 Å². The molecule has 1 fully saturated rings. The SMILES string of the molecule is CC(C)c1ccccc1C(=O)N1CCCC(n2ncc(C(C)(C)O)n2)C1. The minimum absolute atomic E-state index is 0.0370. The zero-order chi connectivity index (χ0) is 18.9. The summed E-state index contributed by atoms with van der Waals surface area (Å²) >= 11 is 0. The van der Waals surface area contributed by atoms with Crippen molar-refractivity contribution in [1.82, 2.24) is 19.9 Å². The van der Waals surface area contributed by atoms with E-state index < -0.39 is 5.60 Å². The molecule has 3 rings (SSSR count). The third kappa shape index (κ3) is 3.80. The van der Waals surface area contributed by atoms with Crippen LogP contribution in [-0.2, 0) is 5.60 Å². The fourth-order valence-corrected chi connectivity index (χ4v) is 3.43. The Labute approximate surface area is 154 Å². The number of carbonyl (C=O) groups excluding carboxylic acids is 1. The molecule has 0 saturated carbocycles. The molecule has 2 heterocycles. The van der Waals surface area contributed by atoms with Gasteiger partial charge in [0.05, 0.1) is 12.2 Å². The fourth-order valence-electron chi connectivity index (χ4n) is 3.43. The maximum atomic E-state index is 13.1. The van der Waals surface area contributed by atoms with E-state index in [1.54, 1.807) is 24.8 Å². The maximum Gasteiger partial charge on any atom is 0.254 e. The van der Waals surface area contributed by atoms with Crippen molar-refractivity contribution in [3.05, 3.63) is 47.3 Å². The summed E-state index contributed by atoms with van der Waals surface area (Å²) in [4.78, 5) is 16.7. The van der Waals surface area contributed by atoms with Crippen molar-refractivity contribution in [2.75, 3.05) is 13.1 Å². The molecular formula is C20H28N4O2. The molecule has 1 amide bonds. The first-order valence-corrected chi connectivity index (χ1v) is 9.30. The van der Waals surface area contributed by atoms with Crippen LogP contribution in [0.15, 0.2) is 30.5 Å². The second-order valence-electron chi connectivity index (χ2n) is 7.90. The topological polar surface area (TPSA) is 71.2 Å². The molecule has 1 aromatic carbocycles. The second-order valence-corrected chi connectivity index (χ2v) is 7.90. The Morgan fingerprint density at radius 2 is 2.04 bits per heavy atom. The molecule has 0 radical (unpaired) electrons. The van der Waals surface area contributed by atoms with E-state index in [1.807, 2.05) is 29.2 Å². The summed E-state index contributed by atoms with van der Waals surface area (Å²) in [6.07, 6.45) is 3.45. The van der Waals surface area contributed by atoms with Crippen LogP contribution in [0.3, 0.4) is 0 Å². The second kappa shape index (κ2) is 7.19. The quantitative estimate of drug-likeness (QED) is 0.914. The smallest absolute Gasteiger partial charge is 0.254 e. The van der Waals surface area contributed by atoms with E-state index in [2.05, 4.69) is 24.0 Å². The van der Waals surface area contributed by atoms with Gasteiger partial charge in [0.25, 0.3) is 5.91 Å². The molecule has 1 aliphatic heterocycles. The Hall–Kier alpha value is -2.21. The lowest BCUT2D eigenvalue weighted by molar-refractivity contribution is 0.0639. The Bertz CT molecular complexity index is 776.